The monoisotopic (exact) mass is 529 g/mol. The second kappa shape index (κ2) is 10.3. The van der Waals surface area contributed by atoms with Gasteiger partial charge in [0.1, 0.15) is 6.10 Å². The fourth-order valence-electron chi connectivity index (χ4n) is 5.77. The van der Waals surface area contributed by atoms with Crippen LogP contribution >= 0.6 is 0 Å². The van der Waals surface area contributed by atoms with Gasteiger partial charge in [-0.2, -0.15) is 0 Å². The molecule has 5 unspecified atom stereocenters. The smallest absolute Gasteiger partial charge is 0.222 e. The third-order valence-corrected chi connectivity index (χ3v) is 7.90. The molecule has 1 aliphatic carbocycles. The highest BCUT2D eigenvalue weighted by molar-refractivity contribution is 5.67. The van der Waals surface area contributed by atoms with Gasteiger partial charge in [-0.3, -0.25) is 0 Å². The highest BCUT2D eigenvalue weighted by Gasteiger charge is 2.62. The van der Waals surface area contributed by atoms with Crippen LogP contribution in [-0.2, 0) is 23.7 Å². The van der Waals surface area contributed by atoms with Crippen molar-refractivity contribution in [2.45, 2.75) is 124 Å². The van der Waals surface area contributed by atoms with Gasteiger partial charge in [0.2, 0.25) is 6.04 Å². The highest BCUT2D eigenvalue weighted by Crippen LogP contribution is 2.45. The van der Waals surface area contributed by atoms with Crippen LogP contribution in [0.3, 0.4) is 0 Å². The summed E-state index contributed by atoms with van der Waals surface area (Å²) in [6.07, 6.45) is 12.4. The van der Waals surface area contributed by atoms with E-state index >= 15 is 0 Å². The third-order valence-electron chi connectivity index (χ3n) is 7.90. The van der Waals surface area contributed by atoms with Crippen LogP contribution in [0, 0.1) is 16.0 Å². The molecule has 0 saturated carbocycles. The summed E-state index contributed by atoms with van der Waals surface area (Å²) in [5.41, 5.74) is 4.04. The number of rotatable bonds is 6. The average molecular weight is 530 g/mol. The van der Waals surface area contributed by atoms with Gasteiger partial charge in [-0.15, -0.1) is 0 Å². The van der Waals surface area contributed by atoms with Crippen molar-refractivity contribution >= 4 is 6.21 Å². The Hall–Kier alpha value is -1.77. The van der Waals surface area contributed by atoms with Gasteiger partial charge in [-0.05, 0) is 70.8 Å². The molecule has 0 radical (unpaired) electrons. The zero-order valence-corrected chi connectivity index (χ0v) is 24.9. The Kier molecular flexibility index (Phi) is 7.94. The number of nitrogens with zero attached hydrogens (tertiary/aromatic N) is 1. The van der Waals surface area contributed by atoms with Gasteiger partial charge in [0.25, 0.3) is 0 Å². The molecule has 0 spiro atoms. The summed E-state index contributed by atoms with van der Waals surface area (Å²) >= 11 is 0. The van der Waals surface area contributed by atoms with Crippen LogP contribution in [0.15, 0.2) is 47.1 Å². The molecule has 212 valence electrons. The van der Waals surface area contributed by atoms with Crippen molar-refractivity contribution in [3.05, 3.63) is 52.3 Å². The Morgan fingerprint density at radius 2 is 1.63 bits per heavy atom. The second-order valence-corrected chi connectivity index (χ2v) is 13.5. The molecule has 0 aromatic carbocycles. The Morgan fingerprint density at radius 1 is 0.921 bits per heavy atom. The predicted molar refractivity (Wildman–Crippen MR) is 149 cm³/mol. The summed E-state index contributed by atoms with van der Waals surface area (Å²) < 4.78 is 30.8. The molecule has 3 aliphatic heterocycles. The van der Waals surface area contributed by atoms with E-state index in [1.807, 2.05) is 40.7 Å². The molecule has 3 saturated heterocycles. The minimum Gasteiger partial charge on any atom is -0.623 e. The predicted octanol–water partition coefficient (Wildman–Crippen LogP) is 6.19. The lowest BCUT2D eigenvalue weighted by Gasteiger charge is -2.38. The largest absolute Gasteiger partial charge is 0.623 e. The average Bonchev–Trinajstić information content (AvgIpc) is 3.39. The van der Waals surface area contributed by atoms with Gasteiger partial charge in [0, 0.05) is 6.08 Å². The van der Waals surface area contributed by atoms with Crippen LogP contribution in [-0.4, -0.2) is 59.8 Å². The molecule has 0 amide bonds. The normalized spacial score (nSPS) is 36.5. The van der Waals surface area contributed by atoms with Crippen molar-refractivity contribution in [1.82, 2.24) is 0 Å². The highest BCUT2D eigenvalue weighted by atomic mass is 16.8. The Labute approximate surface area is 228 Å². The van der Waals surface area contributed by atoms with Gasteiger partial charge >= 0.3 is 0 Å². The topological polar surface area (TPSA) is 72.2 Å². The van der Waals surface area contributed by atoms with E-state index in [1.54, 1.807) is 6.08 Å². The molecule has 0 aromatic heterocycles. The molecule has 5 atom stereocenters. The zero-order chi connectivity index (χ0) is 28.1. The van der Waals surface area contributed by atoms with Crippen molar-refractivity contribution < 1.29 is 28.4 Å². The summed E-state index contributed by atoms with van der Waals surface area (Å²) in [7, 11) is 0. The maximum absolute atomic E-state index is 13.4. The van der Waals surface area contributed by atoms with Crippen molar-refractivity contribution in [2.75, 3.05) is 6.61 Å². The summed E-state index contributed by atoms with van der Waals surface area (Å²) in [5.74, 6) is -1.54. The lowest BCUT2D eigenvalue weighted by atomic mass is 9.67. The number of fused-ring (bicyclic) bond motifs is 1. The first kappa shape index (κ1) is 29.2. The van der Waals surface area contributed by atoms with Gasteiger partial charge in [-0.25, -0.2) is 4.74 Å². The third kappa shape index (κ3) is 6.68. The van der Waals surface area contributed by atoms with Gasteiger partial charge in [0.15, 0.2) is 36.3 Å². The standard InChI is InChI=1S/C31H47NO6/c1-20(16-21(2)17-22-18-28(3,4)13-14-29(22,5)6)12-11-15-32(33)24-25(23-19-34-30(7,8)36-23)35-27-26(24)37-31(9,10)38-27/h11-12,15-18,23-27H,13-14,19H2,1-10H3/b12-11+,20-16+,21-17+,32-15-. The maximum Gasteiger partial charge on any atom is 0.222 e. The number of hydroxylamine groups is 1. The van der Waals surface area contributed by atoms with Crippen molar-refractivity contribution in [1.29, 1.82) is 0 Å². The van der Waals surface area contributed by atoms with E-state index in [0.29, 0.717) is 6.61 Å². The first-order valence-electron chi connectivity index (χ1n) is 13.9. The van der Waals surface area contributed by atoms with Crippen LogP contribution in [0.2, 0.25) is 0 Å². The molecule has 4 aliphatic rings. The molecule has 3 fully saturated rings. The molecule has 4 rings (SSSR count). The number of allylic oxidation sites excluding steroid dienone is 8. The molecule has 3 heterocycles. The molecule has 7 heteroatoms. The molecule has 0 bridgehead atoms. The van der Waals surface area contributed by atoms with Crippen LogP contribution in [0.25, 0.3) is 0 Å². The SMILES string of the molecule is CC(=C\C1=CC(C)(C)CCC1(C)C)/C=C(C)/C=C/C=[N+](\[O-])C1C(C2COC(C)(C)O2)OC2OC(C)(C)OC21. The van der Waals surface area contributed by atoms with E-state index in [1.165, 1.54) is 30.2 Å². The molecular weight excluding hydrogens is 482 g/mol. The Bertz CT molecular complexity index is 1060. The number of hydrogen-bond donors (Lipinski definition) is 0. The van der Waals surface area contributed by atoms with E-state index < -0.39 is 36.1 Å². The van der Waals surface area contributed by atoms with E-state index in [-0.39, 0.29) is 16.9 Å². The maximum atomic E-state index is 13.4. The summed E-state index contributed by atoms with van der Waals surface area (Å²) in [4.78, 5) is 0. The molecule has 7 nitrogen and oxygen atoms in total. The fourth-order valence-corrected chi connectivity index (χ4v) is 5.77. The lowest BCUT2D eigenvalue weighted by Crippen LogP contribution is -2.47. The van der Waals surface area contributed by atoms with Crippen molar-refractivity contribution in [2.24, 2.45) is 10.8 Å². The van der Waals surface area contributed by atoms with Gasteiger partial charge < -0.3 is 28.9 Å². The van der Waals surface area contributed by atoms with E-state index in [2.05, 4.69) is 52.8 Å². The van der Waals surface area contributed by atoms with Crippen LogP contribution < -0.4 is 0 Å². The summed E-state index contributed by atoms with van der Waals surface area (Å²) in [6.45, 7) is 21.1. The quantitative estimate of drug-likeness (QED) is 0.134. The molecule has 0 N–H and O–H groups in total. The van der Waals surface area contributed by atoms with Crippen LogP contribution in [0.5, 0.6) is 0 Å². The molecule has 38 heavy (non-hydrogen) atoms. The van der Waals surface area contributed by atoms with E-state index in [4.69, 9.17) is 23.7 Å². The van der Waals surface area contributed by atoms with Crippen molar-refractivity contribution in [3.8, 4) is 0 Å². The van der Waals surface area contributed by atoms with E-state index in [0.717, 1.165) is 10.3 Å². The first-order valence-corrected chi connectivity index (χ1v) is 13.9. The number of ether oxygens (including phenoxy) is 5. The van der Waals surface area contributed by atoms with Crippen LogP contribution in [0.1, 0.15) is 82.1 Å². The summed E-state index contributed by atoms with van der Waals surface area (Å²) in [6, 6.07) is -0.622. The fraction of sp³-hybridized carbons (Fsp3) is 0.710. The van der Waals surface area contributed by atoms with Crippen molar-refractivity contribution in [3.63, 3.8) is 0 Å². The minimum absolute atomic E-state index is 0.173. The minimum atomic E-state index is -0.817. The molecule has 0 aromatic rings. The van der Waals surface area contributed by atoms with E-state index in [9.17, 15) is 5.21 Å². The Morgan fingerprint density at radius 3 is 2.29 bits per heavy atom. The van der Waals surface area contributed by atoms with Gasteiger partial charge in [-0.1, -0.05) is 63.1 Å². The zero-order valence-electron chi connectivity index (χ0n) is 24.9. The Balaban J connectivity index is 1.49. The number of hydrogen-bond acceptors (Lipinski definition) is 6. The van der Waals surface area contributed by atoms with Crippen LogP contribution in [0.4, 0.5) is 0 Å². The lowest BCUT2D eigenvalue weighted by molar-refractivity contribution is -0.516. The van der Waals surface area contributed by atoms with Gasteiger partial charge in [0.05, 0.1) is 6.61 Å². The summed E-state index contributed by atoms with van der Waals surface area (Å²) in [5, 5.41) is 13.4. The first-order chi connectivity index (χ1) is 17.5. The second-order valence-electron chi connectivity index (χ2n) is 13.5. The molecular formula is C31H47NO6.